The molecule has 3 aromatic carbocycles. The molecule has 0 saturated carbocycles. The van der Waals surface area contributed by atoms with Crippen LogP contribution in [0.25, 0.3) is 33.5 Å². The number of rotatable bonds is 6. The lowest BCUT2D eigenvalue weighted by molar-refractivity contribution is -0.734. The lowest BCUT2D eigenvalue weighted by Crippen LogP contribution is -2.44. The Hall–Kier alpha value is -4.59. The molecule has 0 aliphatic carbocycles. The smallest absolute Gasteiger partial charge is 0.341 e. The van der Waals surface area contributed by atoms with E-state index in [-0.39, 0.29) is 33.2 Å². The molecule has 0 amide bonds. The zero-order chi connectivity index (χ0) is 25.4. The average molecular weight is 505 g/mol. The molecule has 0 bridgehead atoms. The second kappa shape index (κ2) is 8.88. The standard InChI is InChI=1S/C23H16N6O6S/c30-14-16-12-17(29(31)32)8-9-20(16)27-25-23(18-5-1-2-7-22(18)36(33,34)35)26-28(27)21-6-3-4-15-10-11-24-13-19(15)21/h1-13,30H,14H2/p+1. The Morgan fingerprint density at radius 3 is 2.61 bits per heavy atom. The number of tetrazole rings is 1. The van der Waals surface area contributed by atoms with Crippen LogP contribution < -0.4 is 4.80 Å². The Bertz CT molecular complexity index is 1750. The third-order valence-electron chi connectivity index (χ3n) is 5.50. The maximum absolute atomic E-state index is 12.0. The van der Waals surface area contributed by atoms with E-state index in [1.54, 1.807) is 36.7 Å². The fourth-order valence-corrected chi connectivity index (χ4v) is 4.55. The molecule has 0 fully saturated rings. The molecular formula is C23H17N6O6S+. The zero-order valence-corrected chi connectivity index (χ0v) is 19.1. The van der Waals surface area contributed by atoms with Crippen molar-refractivity contribution in [1.82, 2.24) is 20.0 Å². The molecule has 0 saturated heterocycles. The van der Waals surface area contributed by atoms with Crippen molar-refractivity contribution in [3.8, 4) is 22.8 Å². The van der Waals surface area contributed by atoms with Crippen LogP contribution in [0.5, 0.6) is 0 Å². The van der Waals surface area contributed by atoms with Gasteiger partial charge in [0.15, 0.2) is 5.69 Å². The van der Waals surface area contributed by atoms with Crippen LogP contribution in [-0.2, 0) is 16.7 Å². The van der Waals surface area contributed by atoms with Crippen LogP contribution in [0.4, 0.5) is 5.69 Å². The minimum Gasteiger partial charge on any atom is -0.392 e. The number of hydrogen-bond donors (Lipinski definition) is 2. The van der Waals surface area contributed by atoms with Gasteiger partial charge in [0.2, 0.25) is 0 Å². The van der Waals surface area contributed by atoms with Gasteiger partial charge in [-0.25, -0.2) is 0 Å². The number of pyridine rings is 1. The van der Waals surface area contributed by atoms with Crippen molar-refractivity contribution in [3.63, 3.8) is 0 Å². The Kier molecular flexibility index (Phi) is 5.72. The second-order valence-corrected chi connectivity index (χ2v) is 9.07. The monoisotopic (exact) mass is 505 g/mol. The maximum Gasteiger partial charge on any atom is 0.341 e. The van der Waals surface area contributed by atoms with E-state index < -0.39 is 21.6 Å². The third-order valence-corrected chi connectivity index (χ3v) is 6.41. The van der Waals surface area contributed by atoms with E-state index in [1.807, 2.05) is 6.07 Å². The molecule has 0 spiro atoms. The summed E-state index contributed by atoms with van der Waals surface area (Å²) in [5.74, 6) is -0.0497. The molecule has 5 rings (SSSR count). The predicted molar refractivity (Wildman–Crippen MR) is 126 cm³/mol. The predicted octanol–water partition coefficient (Wildman–Crippen LogP) is 2.41. The SMILES string of the molecule is O=[N+]([O-])c1ccc(-[n+]2nc(-c3ccccc3S(=O)(=O)O)nn2-c2cccc3ccncc23)c(CO)c1. The van der Waals surface area contributed by atoms with Crippen LogP contribution in [0.2, 0.25) is 0 Å². The third kappa shape index (κ3) is 4.07. The van der Waals surface area contributed by atoms with Gasteiger partial charge >= 0.3 is 5.82 Å². The molecule has 0 aliphatic heterocycles. The first-order valence-corrected chi connectivity index (χ1v) is 11.9. The number of nitro groups is 1. The molecule has 0 atom stereocenters. The summed E-state index contributed by atoms with van der Waals surface area (Å²) in [5, 5.41) is 31.8. The Balaban J connectivity index is 1.84. The van der Waals surface area contributed by atoms with Crippen molar-refractivity contribution in [2.24, 2.45) is 0 Å². The largest absolute Gasteiger partial charge is 0.392 e. The first-order valence-electron chi connectivity index (χ1n) is 10.5. The van der Waals surface area contributed by atoms with Crippen molar-refractivity contribution in [1.29, 1.82) is 0 Å². The molecule has 5 aromatic rings. The van der Waals surface area contributed by atoms with Gasteiger partial charge in [-0.3, -0.25) is 19.7 Å². The number of aliphatic hydroxyl groups excluding tert-OH is 1. The Labute approximate surface area is 203 Å². The highest BCUT2D eigenvalue weighted by atomic mass is 32.2. The van der Waals surface area contributed by atoms with Crippen LogP contribution in [0, 0.1) is 10.1 Å². The van der Waals surface area contributed by atoms with E-state index in [4.69, 9.17) is 0 Å². The summed E-state index contributed by atoms with van der Waals surface area (Å²) in [5.41, 5.74) is 0.799. The molecular weight excluding hydrogens is 488 g/mol. The summed E-state index contributed by atoms with van der Waals surface area (Å²) in [4.78, 5) is 17.2. The molecule has 12 nitrogen and oxygen atoms in total. The van der Waals surface area contributed by atoms with Gasteiger partial charge in [0.25, 0.3) is 15.8 Å². The van der Waals surface area contributed by atoms with E-state index >= 15 is 0 Å². The number of nitrogens with zero attached hydrogens (tertiary/aromatic N) is 6. The highest BCUT2D eigenvalue weighted by Crippen LogP contribution is 2.26. The summed E-state index contributed by atoms with van der Waals surface area (Å²) >= 11 is 0. The maximum atomic E-state index is 12.0. The topological polar surface area (TPSA) is 165 Å². The zero-order valence-electron chi connectivity index (χ0n) is 18.3. The van der Waals surface area contributed by atoms with Crippen molar-refractivity contribution >= 4 is 26.6 Å². The van der Waals surface area contributed by atoms with Gasteiger partial charge in [-0.2, -0.15) is 8.42 Å². The molecule has 2 aromatic heterocycles. The molecule has 180 valence electrons. The summed E-state index contributed by atoms with van der Waals surface area (Å²) < 4.78 is 33.8. The van der Waals surface area contributed by atoms with Gasteiger partial charge in [0.1, 0.15) is 10.6 Å². The van der Waals surface area contributed by atoms with Gasteiger partial charge in [0.05, 0.1) is 22.2 Å². The van der Waals surface area contributed by atoms with Gasteiger partial charge in [0, 0.05) is 40.3 Å². The molecule has 2 heterocycles. The van der Waals surface area contributed by atoms with E-state index in [0.29, 0.717) is 11.1 Å². The lowest BCUT2D eigenvalue weighted by atomic mass is 10.1. The number of non-ortho nitro benzene ring substituents is 1. The summed E-state index contributed by atoms with van der Waals surface area (Å²) in [6, 6.07) is 16.8. The molecule has 0 unspecified atom stereocenters. The summed E-state index contributed by atoms with van der Waals surface area (Å²) in [6.45, 7) is -0.537. The molecule has 13 heteroatoms. The number of fused-ring (bicyclic) bond motifs is 1. The van der Waals surface area contributed by atoms with Gasteiger partial charge in [-0.1, -0.05) is 24.3 Å². The molecule has 0 aliphatic rings. The molecule has 2 N–H and O–H groups in total. The molecule has 0 radical (unpaired) electrons. The number of nitro benzene ring substituents is 1. The van der Waals surface area contributed by atoms with Gasteiger partial charge in [-0.15, -0.1) is 0 Å². The average Bonchev–Trinajstić information content (AvgIpc) is 3.32. The van der Waals surface area contributed by atoms with Crippen LogP contribution in [0.1, 0.15) is 5.56 Å². The lowest BCUT2D eigenvalue weighted by Gasteiger charge is -2.06. The van der Waals surface area contributed by atoms with E-state index in [0.717, 1.165) is 5.39 Å². The van der Waals surface area contributed by atoms with E-state index in [2.05, 4.69) is 15.2 Å². The highest BCUT2D eigenvalue weighted by molar-refractivity contribution is 7.86. The number of benzene rings is 3. The van der Waals surface area contributed by atoms with E-state index in [1.165, 1.54) is 46.0 Å². The first-order chi connectivity index (χ1) is 17.3. The first kappa shape index (κ1) is 23.2. The quantitative estimate of drug-likeness (QED) is 0.152. The van der Waals surface area contributed by atoms with Crippen LogP contribution >= 0.6 is 0 Å². The van der Waals surface area contributed by atoms with Crippen molar-refractivity contribution in [3.05, 3.63) is 94.8 Å². The van der Waals surface area contributed by atoms with Crippen molar-refractivity contribution in [2.75, 3.05) is 0 Å². The fraction of sp³-hybridized carbons (Fsp3) is 0.0435. The Morgan fingerprint density at radius 2 is 1.86 bits per heavy atom. The van der Waals surface area contributed by atoms with Crippen LogP contribution in [0.15, 0.2) is 84.0 Å². The van der Waals surface area contributed by atoms with Gasteiger partial charge < -0.3 is 5.11 Å². The highest BCUT2D eigenvalue weighted by Gasteiger charge is 2.30. The second-order valence-electron chi connectivity index (χ2n) is 7.68. The van der Waals surface area contributed by atoms with Crippen molar-refractivity contribution < 1.29 is 27.8 Å². The minimum atomic E-state index is -4.60. The normalized spacial score (nSPS) is 11.6. The van der Waals surface area contributed by atoms with Crippen LogP contribution in [0.3, 0.4) is 0 Å². The van der Waals surface area contributed by atoms with Crippen LogP contribution in [-0.4, -0.2) is 43.0 Å². The molecule has 36 heavy (non-hydrogen) atoms. The van der Waals surface area contributed by atoms with Crippen molar-refractivity contribution in [2.45, 2.75) is 11.5 Å². The summed E-state index contributed by atoms with van der Waals surface area (Å²) in [6.07, 6.45) is 3.26. The number of aromatic nitrogens is 5. The van der Waals surface area contributed by atoms with E-state index in [9.17, 15) is 28.2 Å². The number of hydrogen-bond acceptors (Lipinski definition) is 8. The van der Waals surface area contributed by atoms with Gasteiger partial charge in [-0.05, 0) is 45.6 Å². The Morgan fingerprint density at radius 1 is 1.06 bits per heavy atom. The fourth-order valence-electron chi connectivity index (χ4n) is 3.86. The summed E-state index contributed by atoms with van der Waals surface area (Å²) in [7, 11) is -4.60. The minimum absolute atomic E-state index is 0.0401. The number of aliphatic hydroxyl groups is 1.